The van der Waals surface area contributed by atoms with Crippen molar-refractivity contribution in [3.63, 3.8) is 0 Å². The van der Waals surface area contributed by atoms with E-state index in [0.717, 1.165) is 12.8 Å². The number of benzene rings is 1. The van der Waals surface area contributed by atoms with Crippen LogP contribution in [0.4, 0.5) is 8.78 Å². The SMILES string of the molecule is CCCC(C)(C)Cc1ccc(F)[c]c1F.[Ti]. The first-order valence-electron chi connectivity index (χ1n) is 5.31. The average molecular weight is 259 g/mol. The maximum absolute atomic E-state index is 13.3. The smallest absolute Gasteiger partial charge is 0.137 e. The van der Waals surface area contributed by atoms with Gasteiger partial charge in [-0.15, -0.1) is 0 Å². The molecule has 0 saturated carbocycles. The Balaban J connectivity index is 0.00000225. The molecule has 1 rings (SSSR count). The van der Waals surface area contributed by atoms with Crippen molar-refractivity contribution in [1.82, 2.24) is 0 Å². The minimum absolute atomic E-state index is 0. The second kappa shape index (κ2) is 6.51. The third-order valence-corrected chi connectivity index (χ3v) is 2.54. The van der Waals surface area contributed by atoms with Gasteiger partial charge in [-0.3, -0.25) is 0 Å². The van der Waals surface area contributed by atoms with Crippen molar-refractivity contribution < 1.29 is 30.5 Å². The van der Waals surface area contributed by atoms with E-state index >= 15 is 0 Å². The van der Waals surface area contributed by atoms with Crippen molar-refractivity contribution >= 4 is 0 Å². The van der Waals surface area contributed by atoms with E-state index in [9.17, 15) is 8.78 Å². The fourth-order valence-electron chi connectivity index (χ4n) is 1.89. The summed E-state index contributed by atoms with van der Waals surface area (Å²) in [6.07, 6.45) is 2.73. The third kappa shape index (κ3) is 4.75. The van der Waals surface area contributed by atoms with Gasteiger partial charge in [-0.05, 0) is 29.9 Å². The molecule has 0 fully saturated rings. The van der Waals surface area contributed by atoms with Crippen LogP contribution in [0.2, 0.25) is 0 Å². The van der Waals surface area contributed by atoms with Crippen molar-refractivity contribution in [3.05, 3.63) is 35.4 Å². The molecule has 0 saturated heterocycles. The van der Waals surface area contributed by atoms with Gasteiger partial charge in [-0.2, -0.15) is 0 Å². The Morgan fingerprint density at radius 2 is 1.88 bits per heavy atom. The molecule has 1 aromatic rings. The molecule has 1 aromatic carbocycles. The maximum atomic E-state index is 13.3. The summed E-state index contributed by atoms with van der Waals surface area (Å²) in [5.41, 5.74) is 0.608. The van der Waals surface area contributed by atoms with Crippen molar-refractivity contribution in [2.24, 2.45) is 5.41 Å². The van der Waals surface area contributed by atoms with Crippen molar-refractivity contribution in [2.45, 2.75) is 40.0 Å². The van der Waals surface area contributed by atoms with Crippen LogP contribution in [0.25, 0.3) is 0 Å². The van der Waals surface area contributed by atoms with E-state index in [1.807, 2.05) is 0 Å². The standard InChI is InChI=1S/C13H17F2.Ti/c1-4-7-13(2,3)9-10-5-6-11(14)8-12(10)15;/h5-6H,4,7,9H2,1-3H3;. The van der Waals surface area contributed by atoms with Gasteiger partial charge in [0.25, 0.3) is 0 Å². The van der Waals surface area contributed by atoms with Gasteiger partial charge < -0.3 is 0 Å². The first-order chi connectivity index (χ1) is 6.94. The first-order valence-corrected chi connectivity index (χ1v) is 5.31. The molecule has 0 aromatic heterocycles. The molecule has 16 heavy (non-hydrogen) atoms. The third-order valence-electron chi connectivity index (χ3n) is 2.54. The number of rotatable bonds is 4. The monoisotopic (exact) mass is 259 g/mol. The van der Waals surface area contributed by atoms with Crippen molar-refractivity contribution in [2.75, 3.05) is 0 Å². The van der Waals surface area contributed by atoms with Gasteiger partial charge in [0.1, 0.15) is 11.6 Å². The molecule has 0 aliphatic carbocycles. The average Bonchev–Trinajstić information content (AvgIpc) is 2.09. The van der Waals surface area contributed by atoms with Crippen LogP contribution in [0, 0.1) is 23.1 Å². The zero-order valence-corrected chi connectivity index (χ0v) is 11.6. The summed E-state index contributed by atoms with van der Waals surface area (Å²) in [6, 6.07) is 4.85. The molecule has 0 bridgehead atoms. The van der Waals surface area contributed by atoms with Gasteiger partial charge in [-0.1, -0.05) is 33.3 Å². The summed E-state index contributed by atoms with van der Waals surface area (Å²) >= 11 is 0. The topological polar surface area (TPSA) is 0 Å². The second-order valence-corrected chi connectivity index (χ2v) is 4.74. The minimum Gasteiger partial charge on any atom is -0.206 e. The first kappa shape index (κ1) is 15.8. The molecule has 0 amide bonds. The summed E-state index contributed by atoms with van der Waals surface area (Å²) in [7, 11) is 0. The number of halogens is 2. The Bertz CT molecular complexity index is 335. The van der Waals surface area contributed by atoms with Crippen LogP contribution in [0.1, 0.15) is 39.2 Å². The zero-order chi connectivity index (χ0) is 11.5. The summed E-state index contributed by atoms with van der Waals surface area (Å²) in [5.74, 6) is -1.19. The molecule has 0 heterocycles. The largest absolute Gasteiger partial charge is 0.206 e. The summed E-state index contributed by atoms with van der Waals surface area (Å²) in [4.78, 5) is 0. The predicted octanol–water partition coefficient (Wildman–Crippen LogP) is 4.13. The second-order valence-electron chi connectivity index (χ2n) is 4.74. The van der Waals surface area contributed by atoms with Gasteiger partial charge in [0.05, 0.1) is 6.07 Å². The molecule has 0 N–H and O–H groups in total. The normalized spacial score (nSPS) is 11.1. The fourth-order valence-corrected chi connectivity index (χ4v) is 1.89. The minimum atomic E-state index is -0.635. The molecule has 0 aliphatic heterocycles. The molecular formula is C13H17F2Ti. The Kier molecular flexibility index (Phi) is 6.43. The Morgan fingerprint density at radius 3 is 2.38 bits per heavy atom. The summed E-state index contributed by atoms with van der Waals surface area (Å²) in [5, 5.41) is 0. The van der Waals surface area contributed by atoms with Gasteiger partial charge in [0.2, 0.25) is 0 Å². The van der Waals surface area contributed by atoms with Crippen molar-refractivity contribution in [1.29, 1.82) is 0 Å². The van der Waals surface area contributed by atoms with E-state index in [1.54, 1.807) is 0 Å². The van der Waals surface area contributed by atoms with E-state index in [4.69, 9.17) is 0 Å². The van der Waals surface area contributed by atoms with Crippen LogP contribution in [-0.2, 0) is 28.1 Å². The molecule has 0 spiro atoms. The van der Waals surface area contributed by atoms with Crippen LogP contribution in [0.15, 0.2) is 12.1 Å². The molecular weight excluding hydrogens is 242 g/mol. The van der Waals surface area contributed by atoms with Crippen LogP contribution in [0.3, 0.4) is 0 Å². The zero-order valence-electron chi connectivity index (χ0n) is 10.0. The van der Waals surface area contributed by atoms with E-state index in [0.29, 0.717) is 12.0 Å². The number of hydrogen-bond acceptors (Lipinski definition) is 0. The summed E-state index contributed by atoms with van der Waals surface area (Å²) < 4.78 is 26.0. The van der Waals surface area contributed by atoms with Crippen LogP contribution >= 0.6 is 0 Å². The Hall–Kier alpha value is -0.206. The molecule has 0 nitrogen and oxygen atoms in total. The molecule has 1 radical (unpaired) electrons. The fraction of sp³-hybridized carbons (Fsp3) is 0.538. The Labute approximate surface area is 111 Å². The maximum Gasteiger partial charge on any atom is 0.137 e. The van der Waals surface area contributed by atoms with Crippen LogP contribution in [-0.4, -0.2) is 0 Å². The van der Waals surface area contributed by atoms with Gasteiger partial charge in [0.15, 0.2) is 0 Å². The van der Waals surface area contributed by atoms with Crippen LogP contribution < -0.4 is 0 Å². The van der Waals surface area contributed by atoms with Crippen LogP contribution in [0.5, 0.6) is 0 Å². The van der Waals surface area contributed by atoms with Gasteiger partial charge >= 0.3 is 0 Å². The molecule has 0 aliphatic rings. The predicted molar refractivity (Wildman–Crippen MR) is 57.6 cm³/mol. The van der Waals surface area contributed by atoms with E-state index in [2.05, 4.69) is 26.8 Å². The van der Waals surface area contributed by atoms with Gasteiger partial charge in [-0.25, -0.2) is 8.78 Å². The molecule has 0 unspecified atom stereocenters. The van der Waals surface area contributed by atoms with E-state index in [-0.39, 0.29) is 27.1 Å². The molecule has 0 atom stereocenters. The molecule has 3 heteroatoms. The number of hydrogen-bond donors (Lipinski definition) is 0. The van der Waals surface area contributed by atoms with Crippen molar-refractivity contribution in [3.8, 4) is 0 Å². The van der Waals surface area contributed by atoms with Gasteiger partial charge in [0, 0.05) is 21.7 Å². The molecule has 87 valence electrons. The summed E-state index contributed by atoms with van der Waals surface area (Å²) in [6.45, 7) is 6.30. The Morgan fingerprint density at radius 1 is 1.25 bits per heavy atom. The quantitative estimate of drug-likeness (QED) is 0.713. The van der Waals surface area contributed by atoms with E-state index in [1.165, 1.54) is 12.1 Å². The van der Waals surface area contributed by atoms with E-state index < -0.39 is 11.6 Å².